The first kappa shape index (κ1) is 38.9. The molecule has 0 unspecified atom stereocenters. The van der Waals surface area contributed by atoms with Gasteiger partial charge in [0.2, 0.25) is 0 Å². The molecular weight excluding hydrogens is 598 g/mol. The predicted octanol–water partition coefficient (Wildman–Crippen LogP) is 7.16. The summed E-state index contributed by atoms with van der Waals surface area (Å²) in [6.45, 7) is 9.88. The first-order chi connectivity index (χ1) is 23.3. The zero-order chi connectivity index (χ0) is 33.0. The normalized spacial score (nSPS) is 12.3. The van der Waals surface area contributed by atoms with Crippen molar-refractivity contribution in [2.24, 2.45) is 0 Å². The van der Waals surface area contributed by atoms with Crippen LogP contribution in [0, 0.1) is 0 Å². The van der Waals surface area contributed by atoms with E-state index in [0.29, 0.717) is 92.2 Å². The number of ether oxygens (including phenoxy) is 7. The lowest BCUT2D eigenvalue weighted by molar-refractivity contribution is -0.0169. The summed E-state index contributed by atoms with van der Waals surface area (Å²) in [6, 6.07) is 16.6. The molecule has 0 fully saturated rings. The molecule has 0 aliphatic heterocycles. The van der Waals surface area contributed by atoms with Gasteiger partial charge in [-0.3, -0.25) is 0 Å². The third-order valence-corrected chi connectivity index (χ3v) is 8.08. The van der Waals surface area contributed by atoms with Crippen molar-refractivity contribution in [1.82, 2.24) is 5.32 Å². The summed E-state index contributed by atoms with van der Waals surface area (Å²) < 4.78 is 38.9. The summed E-state index contributed by atoms with van der Waals surface area (Å²) in [4.78, 5) is 12.2. The van der Waals surface area contributed by atoms with E-state index in [1.807, 2.05) is 24.3 Å². The number of carbonyl (C=O) groups excluding carboxylic acids is 1. The van der Waals surface area contributed by atoms with Gasteiger partial charge in [-0.2, -0.15) is 0 Å². The number of carbonyl (C=O) groups is 1. The van der Waals surface area contributed by atoms with Crippen LogP contribution in [0.4, 0.5) is 4.79 Å². The van der Waals surface area contributed by atoms with E-state index in [0.717, 1.165) is 13.0 Å². The van der Waals surface area contributed by atoms with Crippen molar-refractivity contribution in [2.75, 3.05) is 92.4 Å². The van der Waals surface area contributed by atoms with E-state index >= 15 is 0 Å². The van der Waals surface area contributed by atoms with Gasteiger partial charge in [0.15, 0.2) is 0 Å². The smallest absolute Gasteiger partial charge is 0.407 e. The molecule has 3 rings (SSSR count). The molecule has 9 nitrogen and oxygen atoms in total. The Morgan fingerprint density at radius 1 is 0.532 bits per heavy atom. The number of hydrogen-bond donors (Lipinski definition) is 1. The van der Waals surface area contributed by atoms with Gasteiger partial charge >= 0.3 is 6.09 Å². The molecule has 9 heteroatoms. The summed E-state index contributed by atoms with van der Waals surface area (Å²) in [7, 11) is 0. The first-order valence-corrected chi connectivity index (χ1v) is 17.9. The molecule has 0 atom stereocenters. The molecule has 1 aliphatic rings. The Morgan fingerprint density at radius 2 is 0.936 bits per heavy atom. The Morgan fingerprint density at radius 3 is 1.43 bits per heavy atom. The Balaban J connectivity index is 0.994. The van der Waals surface area contributed by atoms with Crippen molar-refractivity contribution in [3.63, 3.8) is 0 Å². The van der Waals surface area contributed by atoms with Crippen LogP contribution in [0.1, 0.15) is 81.8 Å². The van der Waals surface area contributed by atoms with Crippen molar-refractivity contribution in [1.29, 1.82) is 0 Å². The average molecular weight is 658 g/mol. The van der Waals surface area contributed by atoms with Crippen molar-refractivity contribution in [3.8, 4) is 11.1 Å². The van der Waals surface area contributed by atoms with E-state index in [-0.39, 0.29) is 5.92 Å². The van der Waals surface area contributed by atoms with Crippen LogP contribution in [0.25, 0.3) is 11.1 Å². The van der Waals surface area contributed by atoms with Crippen LogP contribution in [0.5, 0.6) is 0 Å². The van der Waals surface area contributed by atoms with Crippen molar-refractivity contribution in [3.05, 3.63) is 59.7 Å². The highest BCUT2D eigenvalue weighted by molar-refractivity contribution is 5.79. The van der Waals surface area contributed by atoms with Crippen LogP contribution in [0.15, 0.2) is 48.5 Å². The van der Waals surface area contributed by atoms with Crippen LogP contribution in [-0.2, 0) is 33.2 Å². The molecule has 0 bridgehead atoms. The van der Waals surface area contributed by atoms with Gasteiger partial charge in [0.05, 0.1) is 66.1 Å². The van der Waals surface area contributed by atoms with Gasteiger partial charge in [-0.15, -0.1) is 0 Å². The predicted molar refractivity (Wildman–Crippen MR) is 185 cm³/mol. The van der Waals surface area contributed by atoms with Crippen LogP contribution in [0.3, 0.4) is 0 Å². The number of unbranched alkanes of at least 4 members (excludes halogenated alkanes) is 7. The molecule has 0 aromatic heterocycles. The maximum absolute atomic E-state index is 12.2. The summed E-state index contributed by atoms with van der Waals surface area (Å²) >= 11 is 0. The lowest BCUT2D eigenvalue weighted by Crippen LogP contribution is -2.27. The molecule has 0 saturated carbocycles. The lowest BCUT2D eigenvalue weighted by atomic mass is 9.98. The fourth-order valence-corrected chi connectivity index (χ4v) is 5.55. The van der Waals surface area contributed by atoms with Gasteiger partial charge in [-0.25, -0.2) is 4.79 Å². The third kappa shape index (κ3) is 16.9. The molecule has 2 aromatic carbocycles. The van der Waals surface area contributed by atoms with Crippen LogP contribution in [-0.4, -0.2) is 98.5 Å². The second-order valence-corrected chi connectivity index (χ2v) is 11.8. The number of fused-ring (bicyclic) bond motifs is 3. The van der Waals surface area contributed by atoms with Crippen molar-refractivity contribution in [2.45, 2.75) is 70.6 Å². The average Bonchev–Trinajstić information content (AvgIpc) is 3.42. The molecule has 264 valence electrons. The fourth-order valence-electron chi connectivity index (χ4n) is 5.55. The molecule has 0 saturated heterocycles. The standard InChI is InChI=1S/C38H59NO8/c1-2-3-4-5-6-7-8-13-20-41-22-24-43-26-28-45-30-31-46-29-27-44-25-23-42-21-14-19-39-38(40)47-32-37-35-17-11-9-15-33(35)34-16-10-12-18-36(34)37/h9-12,15-18,37H,2-8,13-14,19-32H2,1H3,(H,39,40). The minimum atomic E-state index is -0.404. The largest absolute Gasteiger partial charge is 0.449 e. The maximum atomic E-state index is 12.2. The number of hydrogen-bond acceptors (Lipinski definition) is 8. The minimum Gasteiger partial charge on any atom is -0.449 e. The van der Waals surface area contributed by atoms with Gasteiger partial charge in [0, 0.05) is 25.7 Å². The Bertz CT molecular complexity index is 1020. The zero-order valence-electron chi connectivity index (χ0n) is 28.7. The molecule has 1 amide bonds. The summed E-state index contributed by atoms with van der Waals surface area (Å²) in [6.07, 6.45) is 10.8. The quantitative estimate of drug-likeness (QED) is 0.0886. The topological polar surface area (TPSA) is 93.7 Å². The summed E-state index contributed by atoms with van der Waals surface area (Å²) in [5.41, 5.74) is 4.84. The van der Waals surface area contributed by atoms with Crippen LogP contribution >= 0.6 is 0 Å². The molecule has 0 radical (unpaired) electrons. The third-order valence-electron chi connectivity index (χ3n) is 8.08. The summed E-state index contributed by atoms with van der Waals surface area (Å²) in [5.74, 6) is 0.0604. The number of nitrogens with one attached hydrogen (secondary N) is 1. The molecule has 1 aliphatic carbocycles. The highest BCUT2D eigenvalue weighted by Crippen LogP contribution is 2.44. The Kier molecular flexibility index (Phi) is 21.9. The van der Waals surface area contributed by atoms with Crippen LogP contribution < -0.4 is 5.32 Å². The first-order valence-electron chi connectivity index (χ1n) is 17.9. The maximum Gasteiger partial charge on any atom is 0.407 e. The number of benzene rings is 2. The minimum absolute atomic E-state index is 0.0604. The molecule has 2 aromatic rings. The van der Waals surface area contributed by atoms with Crippen molar-refractivity contribution < 1.29 is 38.0 Å². The number of alkyl carbamates (subject to hydrolysis) is 1. The molecule has 0 spiro atoms. The van der Waals surface area contributed by atoms with E-state index in [1.165, 1.54) is 67.2 Å². The molecule has 47 heavy (non-hydrogen) atoms. The van der Waals surface area contributed by atoms with E-state index in [2.05, 4.69) is 36.5 Å². The number of amides is 1. The highest BCUT2D eigenvalue weighted by atomic mass is 16.6. The summed E-state index contributed by atoms with van der Waals surface area (Å²) in [5, 5.41) is 2.81. The van der Waals surface area contributed by atoms with Gasteiger partial charge < -0.3 is 38.5 Å². The monoisotopic (exact) mass is 657 g/mol. The van der Waals surface area contributed by atoms with Gasteiger partial charge in [-0.05, 0) is 35.1 Å². The zero-order valence-corrected chi connectivity index (χ0v) is 28.7. The van der Waals surface area contributed by atoms with E-state index in [9.17, 15) is 4.79 Å². The van der Waals surface area contributed by atoms with Crippen molar-refractivity contribution >= 4 is 6.09 Å². The fraction of sp³-hybridized carbons (Fsp3) is 0.658. The second-order valence-electron chi connectivity index (χ2n) is 11.8. The molecular formula is C38H59NO8. The molecule has 1 N–H and O–H groups in total. The lowest BCUT2D eigenvalue weighted by Gasteiger charge is -2.14. The molecule has 0 heterocycles. The van der Waals surface area contributed by atoms with Crippen LogP contribution in [0.2, 0.25) is 0 Å². The SMILES string of the molecule is CCCCCCCCCCOCCOCCOCCOCCOCCOCCCNC(=O)OCC1c2ccccc2-c2ccccc21. The number of rotatable bonds is 30. The second kappa shape index (κ2) is 26.4. The van der Waals surface area contributed by atoms with Gasteiger partial charge in [-0.1, -0.05) is 100 Å². The Labute approximate surface area is 282 Å². The Hall–Kier alpha value is -2.53. The van der Waals surface area contributed by atoms with Gasteiger partial charge in [0.1, 0.15) is 6.61 Å². The van der Waals surface area contributed by atoms with E-state index in [1.54, 1.807) is 0 Å². The van der Waals surface area contributed by atoms with Gasteiger partial charge in [0.25, 0.3) is 0 Å². The van der Waals surface area contributed by atoms with E-state index in [4.69, 9.17) is 33.2 Å². The highest BCUT2D eigenvalue weighted by Gasteiger charge is 2.28. The van der Waals surface area contributed by atoms with E-state index < -0.39 is 6.09 Å².